The first-order valence-electron chi connectivity index (χ1n) is 16.5. The Labute approximate surface area is 294 Å². The van der Waals surface area contributed by atoms with Crippen molar-refractivity contribution in [2.45, 2.75) is 89.0 Å². The van der Waals surface area contributed by atoms with Crippen molar-refractivity contribution in [3.63, 3.8) is 0 Å². The summed E-state index contributed by atoms with van der Waals surface area (Å²) in [5.41, 5.74) is 0.815. The van der Waals surface area contributed by atoms with Gasteiger partial charge in [0.1, 0.15) is 12.7 Å². The minimum Gasteiger partial charge on any atom is -0.471 e. The fourth-order valence-electron chi connectivity index (χ4n) is 7.41. The van der Waals surface area contributed by atoms with Crippen molar-refractivity contribution in [3.05, 3.63) is 54.3 Å². The number of anilines is 1. The Morgan fingerprint density at radius 3 is 2.25 bits per heavy atom. The zero-order chi connectivity index (χ0) is 37.0. The number of fused-ring (bicyclic) bond motifs is 2. The second-order valence-electron chi connectivity index (χ2n) is 12.7. The van der Waals surface area contributed by atoms with Crippen LogP contribution in [0.3, 0.4) is 0 Å². The molecule has 4 aliphatic rings. The monoisotopic (exact) mass is 714 g/mol. The van der Waals surface area contributed by atoms with E-state index >= 15 is 0 Å². The summed E-state index contributed by atoms with van der Waals surface area (Å²) in [6, 6.07) is 7.03. The molecule has 0 saturated carbocycles. The Morgan fingerprint density at radius 1 is 0.941 bits per heavy atom. The van der Waals surface area contributed by atoms with E-state index in [1.165, 1.54) is 19.4 Å². The number of carbonyl (C=O) groups excluding carboxylic acids is 6. The molecule has 2 N–H and O–H groups in total. The summed E-state index contributed by atoms with van der Waals surface area (Å²) in [6.07, 6.45) is -4.96. The molecule has 2 fully saturated rings. The van der Waals surface area contributed by atoms with E-state index in [9.17, 15) is 28.8 Å². The first-order chi connectivity index (χ1) is 24.3. The summed E-state index contributed by atoms with van der Waals surface area (Å²) in [6.45, 7) is 8.57. The van der Waals surface area contributed by atoms with Crippen LogP contribution in [0, 0.1) is 11.8 Å². The molecule has 4 heterocycles. The Kier molecular flexibility index (Phi) is 11.5. The van der Waals surface area contributed by atoms with Gasteiger partial charge in [0.2, 0.25) is 18.5 Å². The van der Waals surface area contributed by atoms with Crippen LogP contribution >= 0.6 is 0 Å². The molecule has 4 aliphatic heterocycles. The predicted molar refractivity (Wildman–Crippen MR) is 173 cm³/mol. The molecule has 0 aromatic heterocycles. The lowest BCUT2D eigenvalue weighted by atomic mass is 9.69. The molecule has 276 valence electrons. The number of nitrogens with one attached hydrogen (secondary N) is 2. The maximum Gasteiger partial charge on any atom is 0.337 e. The van der Waals surface area contributed by atoms with Crippen LogP contribution in [0.2, 0.25) is 0 Å². The third-order valence-electron chi connectivity index (χ3n) is 9.47. The maximum absolute atomic E-state index is 13.6. The lowest BCUT2D eigenvalue weighted by Gasteiger charge is -2.46. The molecule has 10 atom stereocenters. The van der Waals surface area contributed by atoms with Gasteiger partial charge in [-0.3, -0.25) is 24.0 Å². The van der Waals surface area contributed by atoms with Gasteiger partial charge in [0, 0.05) is 51.3 Å². The van der Waals surface area contributed by atoms with Gasteiger partial charge >= 0.3 is 29.8 Å². The van der Waals surface area contributed by atoms with E-state index in [1.807, 2.05) is 24.3 Å². The quantitative estimate of drug-likeness (QED) is 0.190. The molecule has 16 nitrogen and oxygen atoms in total. The van der Waals surface area contributed by atoms with Crippen LogP contribution in [0.4, 0.5) is 5.69 Å². The van der Waals surface area contributed by atoms with E-state index in [4.69, 9.17) is 37.9 Å². The number of esters is 5. The lowest BCUT2D eigenvalue weighted by Crippen LogP contribution is -2.63. The van der Waals surface area contributed by atoms with Gasteiger partial charge < -0.3 is 48.5 Å². The van der Waals surface area contributed by atoms with Gasteiger partial charge in [-0.2, -0.15) is 0 Å². The number of para-hydroxylation sites is 1. The summed E-state index contributed by atoms with van der Waals surface area (Å²) in [4.78, 5) is 75.3. The molecule has 5 rings (SSSR count). The number of ether oxygens (including phenoxy) is 8. The average Bonchev–Trinajstić information content (AvgIpc) is 3.62. The van der Waals surface area contributed by atoms with E-state index in [0.717, 1.165) is 38.9 Å². The van der Waals surface area contributed by atoms with Crippen molar-refractivity contribution in [2.75, 3.05) is 25.6 Å². The van der Waals surface area contributed by atoms with Crippen LogP contribution in [0.25, 0.3) is 0 Å². The Bertz CT molecular complexity index is 1590. The second kappa shape index (κ2) is 15.6. The van der Waals surface area contributed by atoms with Crippen molar-refractivity contribution in [1.82, 2.24) is 5.32 Å². The fourth-order valence-corrected chi connectivity index (χ4v) is 7.41. The normalized spacial score (nSPS) is 32.4. The SMILES string of the molecule is C=C[C@H]1[C@H](O[C@@H]2O[C@H](COC(C)=O)[C@@H](OC(C)=O)[C@H](OC(C)=O)[C@H]2OC(C)=O)OC=C(C(=O)OC)[C@H]1CC1NCCC12C(=O)Nc1ccccc12. The zero-order valence-electron chi connectivity index (χ0n) is 28.9. The molecule has 16 heteroatoms. The molecule has 51 heavy (non-hydrogen) atoms. The van der Waals surface area contributed by atoms with Crippen LogP contribution in [-0.2, 0) is 72.1 Å². The highest BCUT2D eigenvalue weighted by Gasteiger charge is 2.57. The zero-order valence-corrected chi connectivity index (χ0v) is 28.9. The summed E-state index contributed by atoms with van der Waals surface area (Å²) in [7, 11) is 1.24. The fraction of sp³-hybridized carbons (Fsp3) is 0.543. The van der Waals surface area contributed by atoms with E-state index in [1.54, 1.807) is 0 Å². The Hall–Kier alpha value is -4.80. The smallest absolute Gasteiger partial charge is 0.337 e. The standard InChI is InChI=1S/C35H42N2O14/c1-7-21-22(14-27-35(12-13-36-27)24-10-8-9-11-25(24)37-34(35)43)23(31(42)44-6)15-46-32(21)51-33-30(49-20(5)41)29(48-19(4)40)28(47-18(3)39)26(50-33)16-45-17(2)38/h7-11,15,21-22,26-30,32-33,36H,1,12-14,16H2,2-6H3,(H,37,43)/t21-,22+,26-,27?,28-,29+,30-,32+,33+,35?/m1/s1. The van der Waals surface area contributed by atoms with Crippen molar-refractivity contribution < 1.29 is 66.7 Å². The molecule has 2 unspecified atom stereocenters. The van der Waals surface area contributed by atoms with Gasteiger partial charge in [-0.15, -0.1) is 6.58 Å². The van der Waals surface area contributed by atoms with Crippen molar-refractivity contribution in [3.8, 4) is 0 Å². The van der Waals surface area contributed by atoms with Gasteiger partial charge in [0.15, 0.2) is 18.3 Å². The number of amides is 1. The number of methoxy groups -OCH3 is 1. The maximum atomic E-state index is 13.6. The molecule has 0 aliphatic carbocycles. The molecule has 0 bridgehead atoms. The Balaban J connectivity index is 1.50. The summed E-state index contributed by atoms with van der Waals surface area (Å²) >= 11 is 0. The molecule has 1 amide bonds. The minimum atomic E-state index is -1.56. The third kappa shape index (κ3) is 7.62. The van der Waals surface area contributed by atoms with E-state index in [2.05, 4.69) is 17.2 Å². The third-order valence-corrected chi connectivity index (χ3v) is 9.47. The molecular formula is C35H42N2O14. The topological polar surface area (TPSA) is 200 Å². The number of benzene rings is 1. The van der Waals surface area contributed by atoms with Crippen molar-refractivity contribution in [1.29, 1.82) is 0 Å². The van der Waals surface area contributed by atoms with E-state index in [-0.39, 0.29) is 17.9 Å². The van der Waals surface area contributed by atoms with Crippen molar-refractivity contribution in [2.24, 2.45) is 11.8 Å². The van der Waals surface area contributed by atoms with Crippen LogP contribution in [0.15, 0.2) is 48.8 Å². The van der Waals surface area contributed by atoms with Gasteiger partial charge in [0.05, 0.1) is 24.4 Å². The van der Waals surface area contributed by atoms with Gasteiger partial charge in [0.25, 0.3) is 0 Å². The number of hydrogen-bond donors (Lipinski definition) is 2. The van der Waals surface area contributed by atoms with Crippen molar-refractivity contribution >= 4 is 41.4 Å². The largest absolute Gasteiger partial charge is 0.471 e. The first kappa shape index (κ1) is 37.5. The van der Waals surface area contributed by atoms with Crippen LogP contribution < -0.4 is 10.6 Å². The van der Waals surface area contributed by atoms with E-state index in [0.29, 0.717) is 13.0 Å². The summed E-state index contributed by atoms with van der Waals surface area (Å²) < 4.78 is 45.2. The predicted octanol–water partition coefficient (Wildman–Crippen LogP) is 1.56. The summed E-state index contributed by atoms with van der Waals surface area (Å²) in [5.74, 6) is -5.38. The molecule has 1 aromatic carbocycles. The number of hydrogen-bond acceptors (Lipinski definition) is 15. The van der Waals surface area contributed by atoms with Crippen LogP contribution in [0.5, 0.6) is 0 Å². The molecule has 1 aromatic rings. The lowest BCUT2D eigenvalue weighted by molar-refractivity contribution is -0.342. The first-order valence-corrected chi connectivity index (χ1v) is 16.5. The number of carbonyl (C=O) groups is 6. The number of rotatable bonds is 11. The Morgan fingerprint density at radius 2 is 1.61 bits per heavy atom. The summed E-state index contributed by atoms with van der Waals surface area (Å²) in [5, 5.41) is 6.45. The average molecular weight is 715 g/mol. The van der Waals surface area contributed by atoms with Crippen LogP contribution in [-0.4, -0.2) is 99.1 Å². The van der Waals surface area contributed by atoms with Gasteiger partial charge in [-0.1, -0.05) is 24.3 Å². The highest BCUT2D eigenvalue weighted by Crippen LogP contribution is 2.49. The van der Waals surface area contributed by atoms with Crippen LogP contribution in [0.1, 0.15) is 46.1 Å². The minimum absolute atomic E-state index is 0.158. The molecular weight excluding hydrogens is 672 g/mol. The second-order valence-corrected chi connectivity index (χ2v) is 12.7. The highest BCUT2D eigenvalue weighted by molar-refractivity contribution is 6.07. The molecule has 1 spiro atoms. The van der Waals surface area contributed by atoms with E-state index < -0.39 is 96.7 Å². The van der Waals surface area contributed by atoms with Gasteiger partial charge in [-0.25, -0.2) is 4.79 Å². The van der Waals surface area contributed by atoms with Gasteiger partial charge in [-0.05, 0) is 31.0 Å². The molecule has 0 radical (unpaired) electrons. The highest BCUT2D eigenvalue weighted by atomic mass is 16.8. The molecule has 2 saturated heterocycles.